The van der Waals surface area contributed by atoms with Crippen molar-refractivity contribution in [1.82, 2.24) is 28.7 Å². The molecule has 4 heterocycles. The van der Waals surface area contributed by atoms with Gasteiger partial charge in [0.05, 0.1) is 11.6 Å². The molecule has 0 N–H and O–H groups in total. The third kappa shape index (κ3) is 9.14. The van der Waals surface area contributed by atoms with Crippen molar-refractivity contribution in [2.24, 2.45) is 14.1 Å². The number of rotatable bonds is 13. The van der Waals surface area contributed by atoms with Crippen LogP contribution in [0, 0.1) is 18.2 Å². The zero-order valence-electron chi connectivity index (χ0n) is 35.7. The van der Waals surface area contributed by atoms with E-state index in [1.807, 2.05) is 72.4 Å². The summed E-state index contributed by atoms with van der Waals surface area (Å²) in [5, 5.41) is 0. The summed E-state index contributed by atoms with van der Waals surface area (Å²) in [5.74, 6) is 1.84. The van der Waals surface area contributed by atoms with Gasteiger partial charge in [-0.05, 0) is 94.1 Å². The molecule has 4 aromatic heterocycles. The third-order valence-electron chi connectivity index (χ3n) is 11.8. The average Bonchev–Trinajstić information content (AvgIpc) is 4.13. The van der Waals surface area contributed by atoms with Gasteiger partial charge in [-0.1, -0.05) is 91.2 Å². The van der Waals surface area contributed by atoms with Crippen molar-refractivity contribution in [3.63, 3.8) is 0 Å². The number of imidazole rings is 2. The number of hydrogen-bond acceptors (Lipinski definition) is 3. The maximum Gasteiger partial charge on any atom is 3.00 e. The molecule has 0 atom stereocenters. The Labute approximate surface area is 389 Å². The zero-order chi connectivity index (χ0) is 42.5. The molecule has 64 heavy (non-hydrogen) atoms. The normalized spacial score (nSPS) is 11.1. The Hall–Kier alpha value is -7.18. The van der Waals surface area contributed by atoms with Crippen molar-refractivity contribution >= 4 is 0 Å². The minimum absolute atomic E-state index is 0. The van der Waals surface area contributed by atoms with Crippen LogP contribution in [-0.2, 0) is 59.9 Å². The standard InChI is InChI=1S/C57H45N6.Ir/c1-61-35-32-59-56(61)48-21-17-41(18-22-48)13-15-43-37-44(16-14-42-19-23-49(24-20-42)57-60-33-36-62(57)2)39-51(38-43)54-12-8-34-63(54)55-30-29-50(53-11-6-7-31-58-53)40-52(55)47-27-25-46(26-28-47)45-9-4-3-5-10-45;/h3-12,17-21,23,25-28,30-40H,13-16H2,1-2H3;/q-3;+3. The minimum atomic E-state index is 0. The first-order valence-electron chi connectivity index (χ1n) is 21.4. The maximum absolute atomic E-state index is 4.68. The minimum Gasteiger partial charge on any atom is -0.373 e. The summed E-state index contributed by atoms with van der Waals surface area (Å²) in [6, 6.07) is 64.8. The van der Waals surface area contributed by atoms with Crippen LogP contribution in [-0.4, -0.2) is 28.7 Å². The van der Waals surface area contributed by atoms with Crippen LogP contribution in [0.3, 0.4) is 0 Å². The fourth-order valence-electron chi connectivity index (χ4n) is 8.41. The molecule has 0 aliphatic heterocycles. The summed E-state index contributed by atoms with van der Waals surface area (Å²) in [7, 11) is 4.03. The fraction of sp³-hybridized carbons (Fsp3) is 0.105. The molecule has 0 fully saturated rings. The van der Waals surface area contributed by atoms with E-state index < -0.39 is 0 Å². The van der Waals surface area contributed by atoms with Crippen LogP contribution in [0.5, 0.6) is 0 Å². The maximum atomic E-state index is 4.68. The van der Waals surface area contributed by atoms with Crippen molar-refractivity contribution in [2.45, 2.75) is 25.7 Å². The van der Waals surface area contributed by atoms with Gasteiger partial charge in [0.15, 0.2) is 0 Å². The Morgan fingerprint density at radius 1 is 0.438 bits per heavy atom. The predicted octanol–water partition coefficient (Wildman–Crippen LogP) is 12.3. The van der Waals surface area contributed by atoms with Gasteiger partial charge >= 0.3 is 20.1 Å². The first-order chi connectivity index (χ1) is 31.0. The molecule has 6 nitrogen and oxygen atoms in total. The van der Waals surface area contributed by atoms with Crippen LogP contribution in [0.15, 0.2) is 189 Å². The SMILES string of the molecule is Cn1ccnc1-c1[c-]cc(CCc2cc(CCc3c[c-]c(-c4nccn4C)cc3)cc(-c3cccn3-c3c[c-]c(-c4ccccn4)cc3-c3ccc(-c4ccccc4)cc3)c2)cc1.[Ir+3]. The summed E-state index contributed by atoms with van der Waals surface area (Å²) >= 11 is 0. The zero-order valence-corrected chi connectivity index (χ0v) is 38.1. The van der Waals surface area contributed by atoms with Crippen LogP contribution in [0.25, 0.3) is 73.2 Å². The van der Waals surface area contributed by atoms with Crippen molar-refractivity contribution in [1.29, 1.82) is 0 Å². The molecule has 0 radical (unpaired) electrons. The van der Waals surface area contributed by atoms with Gasteiger partial charge < -0.3 is 18.7 Å². The molecular weight excluding hydrogens is 961 g/mol. The summed E-state index contributed by atoms with van der Waals surface area (Å²) in [5.41, 5.74) is 16.9. The molecule has 0 unspecified atom stereocenters. The molecule has 0 bridgehead atoms. The van der Waals surface area contributed by atoms with Crippen LogP contribution < -0.4 is 0 Å². The Morgan fingerprint density at radius 2 is 1.02 bits per heavy atom. The first-order valence-corrected chi connectivity index (χ1v) is 21.4. The first kappa shape index (κ1) is 42.1. The topological polar surface area (TPSA) is 53.5 Å². The van der Waals surface area contributed by atoms with E-state index in [9.17, 15) is 0 Å². The molecule has 10 aromatic rings. The Bertz CT molecular complexity index is 3000. The van der Waals surface area contributed by atoms with E-state index in [-0.39, 0.29) is 20.1 Å². The van der Waals surface area contributed by atoms with Gasteiger partial charge in [0.1, 0.15) is 0 Å². The number of nitrogens with zero attached hydrogens (tertiary/aromatic N) is 6. The van der Waals surface area contributed by atoms with Gasteiger partial charge in [-0.3, -0.25) is 9.97 Å². The number of benzene rings is 6. The number of aromatic nitrogens is 6. The molecule has 10 rings (SSSR count). The van der Waals surface area contributed by atoms with E-state index in [1.54, 1.807) is 0 Å². The molecule has 6 aromatic carbocycles. The second-order valence-electron chi connectivity index (χ2n) is 16.1. The fourth-order valence-corrected chi connectivity index (χ4v) is 8.41. The molecule has 0 spiro atoms. The van der Waals surface area contributed by atoms with E-state index in [2.05, 4.69) is 177 Å². The summed E-state index contributed by atoms with van der Waals surface area (Å²) in [4.78, 5) is 13.7. The van der Waals surface area contributed by atoms with Crippen LogP contribution in [0.2, 0.25) is 0 Å². The third-order valence-corrected chi connectivity index (χ3v) is 11.8. The van der Waals surface area contributed by atoms with Gasteiger partial charge in [0, 0.05) is 50.8 Å². The molecule has 0 aliphatic carbocycles. The molecule has 0 amide bonds. The molecular formula is C57H45IrN6. The van der Waals surface area contributed by atoms with Gasteiger partial charge in [0.2, 0.25) is 0 Å². The van der Waals surface area contributed by atoms with Crippen LogP contribution in [0.1, 0.15) is 22.3 Å². The van der Waals surface area contributed by atoms with Crippen molar-refractivity contribution in [2.75, 3.05) is 0 Å². The predicted molar refractivity (Wildman–Crippen MR) is 254 cm³/mol. The van der Waals surface area contributed by atoms with Gasteiger partial charge in [-0.25, -0.2) is 0 Å². The van der Waals surface area contributed by atoms with Crippen molar-refractivity contribution in [3.8, 4) is 73.2 Å². The summed E-state index contributed by atoms with van der Waals surface area (Å²) < 4.78 is 6.37. The van der Waals surface area contributed by atoms with Crippen LogP contribution >= 0.6 is 0 Å². The van der Waals surface area contributed by atoms with Crippen LogP contribution in [0.4, 0.5) is 0 Å². The average molecular weight is 1010 g/mol. The Balaban J connectivity index is 0.00000518. The molecule has 0 aliphatic rings. The molecule has 312 valence electrons. The van der Waals surface area contributed by atoms with Gasteiger partial charge in [-0.2, -0.15) is 0 Å². The second kappa shape index (κ2) is 19.1. The van der Waals surface area contributed by atoms with E-state index in [4.69, 9.17) is 0 Å². The van der Waals surface area contributed by atoms with E-state index in [0.717, 1.165) is 82.2 Å². The Morgan fingerprint density at radius 3 is 1.58 bits per heavy atom. The van der Waals surface area contributed by atoms with E-state index in [0.29, 0.717) is 0 Å². The number of pyridine rings is 1. The summed E-state index contributed by atoms with van der Waals surface area (Å²) in [6.45, 7) is 0. The van der Waals surface area contributed by atoms with E-state index in [1.165, 1.54) is 38.9 Å². The summed E-state index contributed by atoms with van der Waals surface area (Å²) in [6.07, 6.45) is 15.2. The van der Waals surface area contributed by atoms with E-state index >= 15 is 0 Å². The van der Waals surface area contributed by atoms with Crippen molar-refractivity contribution < 1.29 is 20.1 Å². The van der Waals surface area contributed by atoms with Gasteiger partial charge in [0.25, 0.3) is 0 Å². The van der Waals surface area contributed by atoms with Crippen molar-refractivity contribution in [3.05, 3.63) is 229 Å². The monoisotopic (exact) mass is 1010 g/mol. The second-order valence-corrected chi connectivity index (χ2v) is 16.1. The molecule has 0 saturated carbocycles. The van der Waals surface area contributed by atoms with Gasteiger partial charge in [-0.15, -0.1) is 94.5 Å². The molecule has 7 heteroatoms. The smallest absolute Gasteiger partial charge is 0.373 e. The number of hydrogen-bond donors (Lipinski definition) is 0. The quantitative estimate of drug-likeness (QED) is 0.108. The largest absolute Gasteiger partial charge is 3.00 e. The molecule has 0 saturated heterocycles. The number of aryl methyl sites for hydroxylation is 6. The Kier molecular flexibility index (Phi) is 12.5.